The van der Waals surface area contributed by atoms with Crippen molar-refractivity contribution in [3.63, 3.8) is 0 Å². The van der Waals surface area contributed by atoms with Crippen LogP contribution in [0.15, 0.2) is 12.3 Å². The van der Waals surface area contributed by atoms with Crippen LogP contribution in [-0.2, 0) is 6.54 Å². The molecule has 20 heavy (non-hydrogen) atoms. The Hall–Kier alpha value is -1.86. The van der Waals surface area contributed by atoms with Crippen LogP contribution in [0.3, 0.4) is 0 Å². The van der Waals surface area contributed by atoms with Gasteiger partial charge in [0.15, 0.2) is 0 Å². The van der Waals surface area contributed by atoms with Gasteiger partial charge in [-0.15, -0.1) is 0 Å². The zero-order valence-corrected chi connectivity index (χ0v) is 11.3. The van der Waals surface area contributed by atoms with Crippen molar-refractivity contribution in [2.24, 2.45) is 0 Å². The van der Waals surface area contributed by atoms with E-state index in [2.05, 4.69) is 25.6 Å². The number of amides is 1. The Kier molecular flexibility index (Phi) is 3.45. The lowest BCUT2D eigenvalue weighted by molar-refractivity contribution is 0.173. The highest BCUT2D eigenvalue weighted by Gasteiger charge is 2.29. The number of fused-ring (bicyclic) bond motifs is 1. The molecule has 0 atom stereocenters. The molecule has 0 unspecified atom stereocenters. The molecule has 106 valence electrons. The molecule has 1 aliphatic rings. The zero-order chi connectivity index (χ0) is 14.1. The van der Waals surface area contributed by atoms with Gasteiger partial charge in [0.05, 0.1) is 5.69 Å². The second-order valence-electron chi connectivity index (χ2n) is 4.87. The van der Waals surface area contributed by atoms with E-state index in [9.17, 15) is 4.79 Å². The second kappa shape index (κ2) is 5.26. The van der Waals surface area contributed by atoms with Crippen LogP contribution in [0, 0.1) is 0 Å². The molecule has 3 rings (SSSR count). The van der Waals surface area contributed by atoms with Crippen molar-refractivity contribution in [2.45, 2.75) is 31.5 Å². The monoisotopic (exact) mass is 295 g/mol. The van der Waals surface area contributed by atoms with Crippen LogP contribution < -0.4 is 10.6 Å². The molecular weight excluding hydrogens is 282 g/mol. The van der Waals surface area contributed by atoms with Crippen molar-refractivity contribution < 1.29 is 9.90 Å². The molecule has 1 amide bonds. The second-order valence-corrected chi connectivity index (χ2v) is 5.21. The van der Waals surface area contributed by atoms with Crippen LogP contribution >= 0.6 is 11.6 Å². The highest BCUT2D eigenvalue weighted by atomic mass is 35.5. The number of aromatic nitrogens is 3. The Bertz CT molecular complexity index is 638. The van der Waals surface area contributed by atoms with E-state index in [1.54, 1.807) is 6.20 Å². The van der Waals surface area contributed by atoms with Crippen LogP contribution in [0.5, 0.6) is 0 Å². The average Bonchev–Trinajstić information content (AvgIpc) is 2.78. The smallest absolute Gasteiger partial charge is 0.404 e. The molecule has 0 aliphatic heterocycles. The summed E-state index contributed by atoms with van der Waals surface area (Å²) in [7, 11) is 0. The summed E-state index contributed by atoms with van der Waals surface area (Å²) in [5, 5.41) is 15.6. The molecule has 7 nitrogen and oxygen atoms in total. The number of carboxylic acid groups (broad SMARTS) is 1. The van der Waals surface area contributed by atoms with Crippen LogP contribution in [-0.4, -0.2) is 38.2 Å². The fourth-order valence-corrected chi connectivity index (χ4v) is 2.61. The third-order valence-electron chi connectivity index (χ3n) is 3.49. The van der Waals surface area contributed by atoms with Gasteiger partial charge < -0.3 is 20.7 Å². The number of carbonyl (C=O) groups is 1. The SMILES string of the molecule is O=C(O)N[C@H]1C[C@@H](NCc2nc(Cl)nc3[nH]ccc23)C1. The molecule has 2 aromatic heterocycles. The van der Waals surface area contributed by atoms with Crippen LogP contribution in [0.1, 0.15) is 18.5 Å². The maximum absolute atomic E-state index is 10.5. The first kappa shape index (κ1) is 13.1. The number of hydrogen-bond donors (Lipinski definition) is 4. The summed E-state index contributed by atoms with van der Waals surface area (Å²) >= 11 is 5.88. The van der Waals surface area contributed by atoms with Crippen molar-refractivity contribution in [2.75, 3.05) is 0 Å². The molecular formula is C12H14ClN5O2. The Labute approximate surface area is 119 Å². The highest BCUT2D eigenvalue weighted by molar-refractivity contribution is 6.28. The van der Waals surface area contributed by atoms with Crippen molar-refractivity contribution in [1.29, 1.82) is 0 Å². The molecule has 0 spiro atoms. The Morgan fingerprint density at radius 2 is 2.25 bits per heavy atom. The van der Waals surface area contributed by atoms with E-state index in [-0.39, 0.29) is 11.3 Å². The number of rotatable bonds is 4. The van der Waals surface area contributed by atoms with Gasteiger partial charge in [-0.25, -0.2) is 9.78 Å². The summed E-state index contributed by atoms with van der Waals surface area (Å²) in [6.07, 6.45) is 2.42. The van der Waals surface area contributed by atoms with Gasteiger partial charge in [0.1, 0.15) is 5.65 Å². The normalized spacial score (nSPS) is 21.6. The van der Waals surface area contributed by atoms with Gasteiger partial charge in [-0.2, -0.15) is 4.98 Å². The van der Waals surface area contributed by atoms with E-state index in [0.717, 1.165) is 29.6 Å². The summed E-state index contributed by atoms with van der Waals surface area (Å²) in [4.78, 5) is 21.8. The summed E-state index contributed by atoms with van der Waals surface area (Å²) in [6, 6.07) is 2.26. The van der Waals surface area contributed by atoms with E-state index in [0.29, 0.717) is 12.6 Å². The topological polar surface area (TPSA) is 103 Å². The average molecular weight is 296 g/mol. The van der Waals surface area contributed by atoms with Gasteiger partial charge in [-0.05, 0) is 30.5 Å². The summed E-state index contributed by atoms with van der Waals surface area (Å²) < 4.78 is 0. The molecule has 0 saturated heterocycles. The molecule has 1 aliphatic carbocycles. The molecule has 8 heteroatoms. The predicted molar refractivity (Wildman–Crippen MR) is 73.7 cm³/mol. The zero-order valence-electron chi connectivity index (χ0n) is 10.6. The first-order valence-corrected chi connectivity index (χ1v) is 6.72. The summed E-state index contributed by atoms with van der Waals surface area (Å²) in [5.74, 6) is 0. The van der Waals surface area contributed by atoms with E-state index in [4.69, 9.17) is 16.7 Å². The fourth-order valence-electron chi connectivity index (χ4n) is 2.43. The molecule has 0 radical (unpaired) electrons. The number of aromatic amines is 1. The van der Waals surface area contributed by atoms with Crippen LogP contribution in [0.2, 0.25) is 5.28 Å². The fraction of sp³-hybridized carbons (Fsp3) is 0.417. The first-order valence-electron chi connectivity index (χ1n) is 6.34. The molecule has 2 aromatic rings. The maximum Gasteiger partial charge on any atom is 0.404 e. The lowest BCUT2D eigenvalue weighted by atomic mass is 9.87. The molecule has 0 aromatic carbocycles. The van der Waals surface area contributed by atoms with E-state index < -0.39 is 6.09 Å². The Morgan fingerprint density at radius 1 is 1.45 bits per heavy atom. The van der Waals surface area contributed by atoms with E-state index in [1.807, 2.05) is 6.07 Å². The quantitative estimate of drug-likeness (QED) is 0.640. The van der Waals surface area contributed by atoms with Crippen molar-refractivity contribution in [3.8, 4) is 0 Å². The van der Waals surface area contributed by atoms with Gasteiger partial charge in [-0.3, -0.25) is 0 Å². The first-order chi connectivity index (χ1) is 9.61. The minimum atomic E-state index is -0.968. The van der Waals surface area contributed by atoms with Gasteiger partial charge in [-0.1, -0.05) is 0 Å². The van der Waals surface area contributed by atoms with Crippen molar-refractivity contribution >= 4 is 28.7 Å². The number of nitrogens with one attached hydrogen (secondary N) is 3. The Morgan fingerprint density at radius 3 is 3.00 bits per heavy atom. The van der Waals surface area contributed by atoms with E-state index >= 15 is 0 Å². The lowest BCUT2D eigenvalue weighted by Gasteiger charge is -2.35. The largest absolute Gasteiger partial charge is 0.465 e. The highest BCUT2D eigenvalue weighted by Crippen LogP contribution is 2.21. The van der Waals surface area contributed by atoms with Gasteiger partial charge in [0, 0.05) is 30.2 Å². The van der Waals surface area contributed by atoms with Crippen molar-refractivity contribution in [1.82, 2.24) is 25.6 Å². The number of H-pyrrole nitrogens is 1. The van der Waals surface area contributed by atoms with E-state index in [1.165, 1.54) is 0 Å². The minimum Gasteiger partial charge on any atom is -0.465 e. The number of nitrogens with zero attached hydrogens (tertiary/aromatic N) is 2. The lowest BCUT2D eigenvalue weighted by Crippen LogP contribution is -2.51. The third-order valence-corrected chi connectivity index (χ3v) is 3.66. The van der Waals surface area contributed by atoms with Gasteiger partial charge in [0.2, 0.25) is 5.28 Å². The van der Waals surface area contributed by atoms with Gasteiger partial charge >= 0.3 is 6.09 Å². The van der Waals surface area contributed by atoms with Crippen molar-refractivity contribution in [3.05, 3.63) is 23.2 Å². The third kappa shape index (κ3) is 2.68. The van der Waals surface area contributed by atoms with Crippen LogP contribution in [0.25, 0.3) is 11.0 Å². The number of halogens is 1. The molecule has 0 bridgehead atoms. The molecule has 4 N–H and O–H groups in total. The molecule has 2 heterocycles. The van der Waals surface area contributed by atoms with Crippen LogP contribution in [0.4, 0.5) is 4.79 Å². The minimum absolute atomic E-state index is 0.0475. The Balaban J connectivity index is 1.58. The molecule has 1 fully saturated rings. The standard InChI is InChI=1S/C12H14ClN5O2/c13-11-17-9(8-1-2-14-10(8)18-11)5-15-6-3-7(4-6)16-12(19)20/h1-2,6-7,15-16H,3-5H2,(H,19,20)(H,14,17,18)/t6-,7+. The van der Waals surface area contributed by atoms with Gasteiger partial charge in [0.25, 0.3) is 0 Å². The molecule has 1 saturated carbocycles. The summed E-state index contributed by atoms with van der Waals surface area (Å²) in [6.45, 7) is 0.584. The summed E-state index contributed by atoms with van der Waals surface area (Å²) in [5.41, 5.74) is 1.57. The number of hydrogen-bond acceptors (Lipinski definition) is 4. The maximum atomic E-state index is 10.5. The predicted octanol–water partition coefficient (Wildman–Crippen LogP) is 1.50.